The van der Waals surface area contributed by atoms with Gasteiger partial charge in [-0.2, -0.15) is 4.99 Å². The van der Waals surface area contributed by atoms with Gasteiger partial charge in [-0.05, 0) is 25.1 Å². The molecule has 0 unspecified atom stereocenters. The van der Waals surface area contributed by atoms with Crippen molar-refractivity contribution in [1.29, 1.82) is 0 Å². The largest absolute Gasteiger partial charge is 0.477 e. The molecule has 0 N–H and O–H groups in total. The van der Waals surface area contributed by atoms with E-state index in [1.54, 1.807) is 0 Å². The van der Waals surface area contributed by atoms with Gasteiger partial charge in [-0.15, -0.1) is 0 Å². The number of amides is 1. The summed E-state index contributed by atoms with van der Waals surface area (Å²) in [4.78, 5) is 14.9. The molecule has 78 valence electrons. The molecule has 0 atom stereocenters. The van der Waals surface area contributed by atoms with Crippen molar-refractivity contribution in [2.24, 2.45) is 4.99 Å². The molecule has 1 rings (SSSR count). The fraction of sp³-hybridized carbons (Fsp3) is 0.167. The van der Waals surface area contributed by atoms with E-state index >= 15 is 0 Å². The van der Waals surface area contributed by atoms with Gasteiger partial charge in [0.05, 0.1) is 6.61 Å². The van der Waals surface area contributed by atoms with Gasteiger partial charge in [0.1, 0.15) is 0 Å². The molecule has 0 aliphatic heterocycles. The standard InChI is InChI=1S/C12H13NO2/c1-3-11(14)13-12(15-4-2)10-8-6-5-7-9-10/h3,5-9H,1,4H2,2H3. The Morgan fingerprint density at radius 2 is 2.13 bits per heavy atom. The SMILES string of the molecule is C=CC(=O)N=C(OCC)c1ccccc1. The highest BCUT2D eigenvalue weighted by molar-refractivity contribution is 6.04. The van der Waals surface area contributed by atoms with E-state index in [1.165, 1.54) is 0 Å². The molecule has 0 spiro atoms. The van der Waals surface area contributed by atoms with Crippen molar-refractivity contribution in [2.75, 3.05) is 6.61 Å². The molecule has 0 radical (unpaired) electrons. The molecule has 0 aliphatic rings. The van der Waals surface area contributed by atoms with Crippen LogP contribution in [-0.2, 0) is 9.53 Å². The lowest BCUT2D eigenvalue weighted by Gasteiger charge is -2.05. The van der Waals surface area contributed by atoms with Crippen LogP contribution in [0, 0.1) is 0 Å². The normalized spacial score (nSPS) is 10.9. The molecule has 3 heteroatoms. The highest BCUT2D eigenvalue weighted by Gasteiger charge is 2.04. The van der Waals surface area contributed by atoms with Crippen LogP contribution < -0.4 is 0 Å². The third-order valence-electron chi connectivity index (χ3n) is 1.69. The molecule has 0 bridgehead atoms. The molecule has 1 aromatic carbocycles. The van der Waals surface area contributed by atoms with E-state index in [0.717, 1.165) is 11.6 Å². The molecule has 3 nitrogen and oxygen atoms in total. The van der Waals surface area contributed by atoms with E-state index in [0.29, 0.717) is 12.5 Å². The number of hydrogen-bond donors (Lipinski definition) is 0. The summed E-state index contributed by atoms with van der Waals surface area (Å²) in [5, 5.41) is 0. The predicted molar refractivity (Wildman–Crippen MR) is 59.8 cm³/mol. The zero-order chi connectivity index (χ0) is 11.1. The van der Waals surface area contributed by atoms with E-state index in [9.17, 15) is 4.79 Å². The van der Waals surface area contributed by atoms with Crippen molar-refractivity contribution in [1.82, 2.24) is 0 Å². The van der Waals surface area contributed by atoms with Gasteiger partial charge in [0.15, 0.2) is 0 Å². The number of hydrogen-bond acceptors (Lipinski definition) is 2. The molecule has 0 saturated heterocycles. The molecule has 0 fully saturated rings. The molecule has 15 heavy (non-hydrogen) atoms. The Morgan fingerprint density at radius 3 is 2.67 bits per heavy atom. The number of ether oxygens (including phenoxy) is 1. The molecule has 0 aromatic heterocycles. The maximum atomic E-state index is 11.1. The average molecular weight is 203 g/mol. The third kappa shape index (κ3) is 3.38. The summed E-state index contributed by atoms with van der Waals surface area (Å²) in [6.07, 6.45) is 1.15. The second kappa shape index (κ2) is 5.75. The van der Waals surface area contributed by atoms with Crippen LogP contribution in [-0.4, -0.2) is 18.4 Å². The van der Waals surface area contributed by atoms with E-state index in [4.69, 9.17) is 4.74 Å². The highest BCUT2D eigenvalue weighted by atomic mass is 16.5. The van der Waals surface area contributed by atoms with E-state index in [-0.39, 0.29) is 0 Å². The Morgan fingerprint density at radius 1 is 1.47 bits per heavy atom. The summed E-state index contributed by atoms with van der Waals surface area (Å²) < 4.78 is 5.28. The number of carbonyl (C=O) groups is 1. The van der Waals surface area contributed by atoms with Crippen LogP contribution >= 0.6 is 0 Å². The Labute approximate surface area is 89.1 Å². The smallest absolute Gasteiger partial charge is 0.272 e. The Hall–Kier alpha value is -1.90. The predicted octanol–water partition coefficient (Wildman–Crippen LogP) is 2.18. The fourth-order valence-electron chi connectivity index (χ4n) is 1.04. The molecule has 0 saturated carbocycles. The Balaban J connectivity index is 2.97. The van der Waals surface area contributed by atoms with Gasteiger partial charge in [-0.3, -0.25) is 4.79 Å². The molecule has 1 aromatic rings. The van der Waals surface area contributed by atoms with Crippen LogP contribution in [0.25, 0.3) is 0 Å². The first-order chi connectivity index (χ1) is 7.27. The minimum absolute atomic E-state index is 0.336. The lowest BCUT2D eigenvalue weighted by Crippen LogP contribution is -2.08. The molecule has 0 heterocycles. The summed E-state index contributed by atoms with van der Waals surface area (Å²) in [6, 6.07) is 9.29. The van der Waals surface area contributed by atoms with Gasteiger partial charge in [0, 0.05) is 5.56 Å². The van der Waals surface area contributed by atoms with Crippen LogP contribution in [0.1, 0.15) is 12.5 Å². The van der Waals surface area contributed by atoms with Crippen LogP contribution in [0.2, 0.25) is 0 Å². The highest BCUT2D eigenvalue weighted by Crippen LogP contribution is 2.03. The fourth-order valence-corrected chi connectivity index (χ4v) is 1.04. The second-order valence-corrected chi connectivity index (χ2v) is 2.76. The molecule has 1 amide bonds. The Kier molecular flexibility index (Phi) is 4.29. The van der Waals surface area contributed by atoms with Crippen LogP contribution in [0.15, 0.2) is 48.0 Å². The molecular weight excluding hydrogens is 190 g/mol. The van der Waals surface area contributed by atoms with E-state index < -0.39 is 5.91 Å². The number of nitrogens with zero attached hydrogens (tertiary/aromatic N) is 1. The van der Waals surface area contributed by atoms with Crippen LogP contribution in [0.3, 0.4) is 0 Å². The Bertz CT molecular complexity index is 368. The van der Waals surface area contributed by atoms with Gasteiger partial charge in [-0.25, -0.2) is 0 Å². The van der Waals surface area contributed by atoms with Crippen LogP contribution in [0.4, 0.5) is 0 Å². The minimum Gasteiger partial charge on any atom is -0.477 e. The van der Waals surface area contributed by atoms with Gasteiger partial charge < -0.3 is 4.74 Å². The topological polar surface area (TPSA) is 38.7 Å². The minimum atomic E-state index is -0.401. The van der Waals surface area contributed by atoms with Crippen molar-refractivity contribution >= 4 is 11.8 Å². The zero-order valence-corrected chi connectivity index (χ0v) is 8.64. The molecular formula is C12H13NO2. The van der Waals surface area contributed by atoms with Crippen molar-refractivity contribution < 1.29 is 9.53 Å². The summed E-state index contributed by atoms with van der Waals surface area (Å²) >= 11 is 0. The van der Waals surface area contributed by atoms with Crippen LogP contribution in [0.5, 0.6) is 0 Å². The van der Waals surface area contributed by atoms with E-state index in [1.807, 2.05) is 37.3 Å². The van der Waals surface area contributed by atoms with Gasteiger partial charge in [0.2, 0.25) is 5.90 Å². The number of carbonyl (C=O) groups excluding carboxylic acids is 1. The van der Waals surface area contributed by atoms with Gasteiger partial charge >= 0.3 is 0 Å². The first kappa shape index (κ1) is 11.2. The van der Waals surface area contributed by atoms with Crippen molar-refractivity contribution in [2.45, 2.75) is 6.92 Å². The average Bonchev–Trinajstić information content (AvgIpc) is 2.29. The summed E-state index contributed by atoms with van der Waals surface area (Å²) in [6.45, 7) is 5.67. The monoisotopic (exact) mass is 203 g/mol. The van der Waals surface area contributed by atoms with Gasteiger partial charge in [-0.1, -0.05) is 24.8 Å². The quantitative estimate of drug-likeness (QED) is 0.429. The van der Waals surface area contributed by atoms with Crippen molar-refractivity contribution in [3.8, 4) is 0 Å². The number of aliphatic imine (C=N–C) groups is 1. The second-order valence-electron chi connectivity index (χ2n) is 2.76. The maximum absolute atomic E-state index is 11.1. The summed E-state index contributed by atoms with van der Waals surface area (Å²) in [7, 11) is 0. The first-order valence-electron chi connectivity index (χ1n) is 4.71. The van der Waals surface area contributed by atoms with Crippen molar-refractivity contribution in [3.63, 3.8) is 0 Å². The van der Waals surface area contributed by atoms with E-state index in [2.05, 4.69) is 11.6 Å². The maximum Gasteiger partial charge on any atom is 0.272 e. The number of rotatable bonds is 3. The summed E-state index contributed by atoms with van der Waals surface area (Å²) in [5.74, 6) is -0.0645. The lowest BCUT2D eigenvalue weighted by atomic mass is 10.2. The zero-order valence-electron chi connectivity index (χ0n) is 8.64. The van der Waals surface area contributed by atoms with Gasteiger partial charge in [0.25, 0.3) is 5.91 Å². The first-order valence-corrected chi connectivity index (χ1v) is 4.71. The summed E-state index contributed by atoms with van der Waals surface area (Å²) in [5.41, 5.74) is 0.787. The van der Waals surface area contributed by atoms with Crippen molar-refractivity contribution in [3.05, 3.63) is 48.6 Å². The lowest BCUT2D eigenvalue weighted by molar-refractivity contribution is -0.113. The molecule has 0 aliphatic carbocycles. The third-order valence-corrected chi connectivity index (χ3v) is 1.69. The number of benzene rings is 1.